The van der Waals surface area contributed by atoms with Crippen LogP contribution in [-0.2, 0) is 19.6 Å². The number of rotatable bonds is 7. The third kappa shape index (κ3) is 5.73. The van der Waals surface area contributed by atoms with E-state index < -0.39 is 10.0 Å². The zero-order chi connectivity index (χ0) is 20.9. The van der Waals surface area contributed by atoms with Crippen LogP contribution in [0.15, 0.2) is 58.3 Å². The fourth-order valence-corrected chi connectivity index (χ4v) is 5.36. The van der Waals surface area contributed by atoms with Crippen LogP contribution in [-0.4, -0.2) is 50.2 Å². The molecule has 0 bridgehead atoms. The summed E-state index contributed by atoms with van der Waals surface area (Å²) in [7, 11) is -3.55. The first-order valence-corrected chi connectivity index (χ1v) is 12.0. The highest BCUT2D eigenvalue weighted by Gasteiger charge is 2.26. The molecule has 0 spiro atoms. The van der Waals surface area contributed by atoms with E-state index in [4.69, 9.17) is 16.3 Å². The number of nitrogens with one attached hydrogen (secondary N) is 1. The molecule has 2 aromatic carbocycles. The van der Waals surface area contributed by atoms with Crippen molar-refractivity contribution < 1.29 is 17.9 Å². The molecule has 1 amide bonds. The number of nitrogens with zero attached hydrogens (tertiary/aromatic N) is 1. The van der Waals surface area contributed by atoms with Gasteiger partial charge in [0, 0.05) is 28.7 Å². The molecule has 0 saturated carbocycles. The highest BCUT2D eigenvalue weighted by molar-refractivity contribution is 8.00. The summed E-state index contributed by atoms with van der Waals surface area (Å²) in [6.45, 7) is 3.45. The lowest BCUT2D eigenvalue weighted by Crippen LogP contribution is -2.40. The lowest BCUT2D eigenvalue weighted by atomic mass is 10.3. The number of morpholine rings is 1. The highest BCUT2D eigenvalue weighted by atomic mass is 35.5. The Hall–Kier alpha value is -1.58. The number of carbonyl (C=O) groups excluding carboxylic acids is 1. The van der Waals surface area contributed by atoms with E-state index in [0.29, 0.717) is 43.4 Å². The van der Waals surface area contributed by atoms with Crippen LogP contribution in [0, 0.1) is 0 Å². The number of benzene rings is 2. The maximum absolute atomic E-state index is 12.7. The van der Waals surface area contributed by atoms with Crippen LogP contribution in [0.25, 0.3) is 0 Å². The van der Waals surface area contributed by atoms with Crippen LogP contribution in [0.2, 0.25) is 5.02 Å². The van der Waals surface area contributed by atoms with Crippen LogP contribution in [0.1, 0.15) is 13.3 Å². The number of halogens is 1. The van der Waals surface area contributed by atoms with Gasteiger partial charge in [-0.15, -0.1) is 11.8 Å². The van der Waals surface area contributed by atoms with E-state index >= 15 is 0 Å². The Labute approximate surface area is 180 Å². The minimum absolute atomic E-state index is 0.128. The highest BCUT2D eigenvalue weighted by Crippen LogP contribution is 2.28. The van der Waals surface area contributed by atoms with Gasteiger partial charge in [0.05, 0.1) is 23.4 Å². The average molecular weight is 455 g/mol. The van der Waals surface area contributed by atoms with E-state index in [2.05, 4.69) is 5.32 Å². The molecule has 0 aromatic heterocycles. The standard InChI is InChI=1S/C20H23ClN2O4S2/c1-2-19(28-17-7-3-15(21)4-8-17)20(24)22-16-5-9-18(10-6-16)29(25,26)23-11-13-27-14-12-23/h3-10,19H,2,11-14H2,1H3,(H,22,24)/t19-/m0/s1. The van der Waals surface area contributed by atoms with Crippen molar-refractivity contribution in [2.45, 2.75) is 28.4 Å². The Morgan fingerprint density at radius 1 is 1.14 bits per heavy atom. The summed E-state index contributed by atoms with van der Waals surface area (Å²) in [6.07, 6.45) is 0.655. The minimum atomic E-state index is -3.55. The van der Waals surface area contributed by atoms with Gasteiger partial charge in [-0.2, -0.15) is 4.31 Å². The van der Waals surface area contributed by atoms with Crippen molar-refractivity contribution in [1.29, 1.82) is 0 Å². The average Bonchev–Trinajstić information content (AvgIpc) is 2.74. The number of sulfonamides is 1. The molecule has 0 radical (unpaired) electrons. The van der Waals surface area contributed by atoms with Gasteiger partial charge in [-0.3, -0.25) is 4.79 Å². The summed E-state index contributed by atoms with van der Waals surface area (Å²) in [4.78, 5) is 13.8. The van der Waals surface area contributed by atoms with Gasteiger partial charge < -0.3 is 10.1 Å². The lowest BCUT2D eigenvalue weighted by molar-refractivity contribution is -0.115. The summed E-state index contributed by atoms with van der Waals surface area (Å²) in [5, 5.41) is 3.25. The Kier molecular flexibility index (Phi) is 7.59. The number of hydrogen-bond acceptors (Lipinski definition) is 5. The first-order valence-electron chi connectivity index (χ1n) is 9.31. The topological polar surface area (TPSA) is 75.7 Å². The number of anilines is 1. The van der Waals surface area contributed by atoms with E-state index in [-0.39, 0.29) is 16.1 Å². The van der Waals surface area contributed by atoms with Crippen molar-refractivity contribution in [3.63, 3.8) is 0 Å². The van der Waals surface area contributed by atoms with E-state index in [1.807, 2.05) is 19.1 Å². The lowest BCUT2D eigenvalue weighted by Gasteiger charge is -2.26. The van der Waals surface area contributed by atoms with Gasteiger partial charge in [0.2, 0.25) is 15.9 Å². The predicted molar refractivity (Wildman–Crippen MR) is 116 cm³/mol. The molecule has 9 heteroatoms. The van der Waals surface area contributed by atoms with Crippen molar-refractivity contribution in [2.75, 3.05) is 31.6 Å². The smallest absolute Gasteiger partial charge is 0.243 e. The van der Waals surface area contributed by atoms with Crippen LogP contribution in [0.5, 0.6) is 0 Å². The monoisotopic (exact) mass is 454 g/mol. The molecular weight excluding hydrogens is 432 g/mol. The number of thioether (sulfide) groups is 1. The van der Waals surface area contributed by atoms with Gasteiger partial charge in [-0.1, -0.05) is 18.5 Å². The van der Waals surface area contributed by atoms with Gasteiger partial charge in [0.1, 0.15) is 0 Å². The fraction of sp³-hybridized carbons (Fsp3) is 0.350. The van der Waals surface area contributed by atoms with Gasteiger partial charge in [0.25, 0.3) is 0 Å². The normalized spacial score (nSPS) is 16.3. The third-order valence-electron chi connectivity index (χ3n) is 4.48. The fourth-order valence-electron chi connectivity index (χ4n) is 2.87. The zero-order valence-corrected chi connectivity index (χ0v) is 18.4. The molecule has 0 aliphatic carbocycles. The van der Waals surface area contributed by atoms with Gasteiger partial charge in [-0.25, -0.2) is 8.42 Å². The summed E-state index contributed by atoms with van der Waals surface area (Å²) in [5.41, 5.74) is 0.561. The Morgan fingerprint density at radius 3 is 2.34 bits per heavy atom. The second-order valence-electron chi connectivity index (χ2n) is 6.50. The summed E-state index contributed by atoms with van der Waals surface area (Å²) >= 11 is 7.37. The predicted octanol–water partition coefficient (Wildman–Crippen LogP) is 3.87. The molecule has 1 atom stereocenters. The molecule has 29 heavy (non-hydrogen) atoms. The Balaban J connectivity index is 1.64. The first kappa shape index (κ1) is 22.1. The van der Waals surface area contributed by atoms with Crippen LogP contribution < -0.4 is 5.32 Å². The number of carbonyl (C=O) groups is 1. The molecule has 6 nitrogen and oxygen atoms in total. The molecule has 1 aliphatic rings. The molecule has 1 aliphatic heterocycles. The minimum Gasteiger partial charge on any atom is -0.379 e. The number of hydrogen-bond donors (Lipinski definition) is 1. The molecule has 156 valence electrons. The van der Waals surface area contributed by atoms with Crippen molar-refractivity contribution in [3.8, 4) is 0 Å². The SMILES string of the molecule is CC[C@H](Sc1ccc(Cl)cc1)C(=O)Nc1ccc(S(=O)(=O)N2CCOCC2)cc1. The largest absolute Gasteiger partial charge is 0.379 e. The van der Waals surface area contributed by atoms with Gasteiger partial charge >= 0.3 is 0 Å². The second kappa shape index (κ2) is 9.95. The Morgan fingerprint density at radius 2 is 1.76 bits per heavy atom. The van der Waals surface area contributed by atoms with Crippen molar-refractivity contribution >= 4 is 45.0 Å². The first-order chi connectivity index (χ1) is 13.9. The van der Waals surface area contributed by atoms with E-state index in [1.165, 1.54) is 28.2 Å². The van der Waals surface area contributed by atoms with Crippen molar-refractivity contribution in [2.24, 2.45) is 0 Å². The van der Waals surface area contributed by atoms with Crippen molar-refractivity contribution in [3.05, 3.63) is 53.6 Å². The molecule has 3 rings (SSSR count). The maximum atomic E-state index is 12.7. The summed E-state index contributed by atoms with van der Waals surface area (Å²) in [6, 6.07) is 13.6. The van der Waals surface area contributed by atoms with Gasteiger partial charge in [-0.05, 0) is 55.0 Å². The second-order valence-corrected chi connectivity index (χ2v) is 10.1. The summed E-state index contributed by atoms with van der Waals surface area (Å²) in [5.74, 6) is -0.128. The number of ether oxygens (including phenoxy) is 1. The zero-order valence-electron chi connectivity index (χ0n) is 16.0. The molecule has 1 fully saturated rings. The molecule has 1 N–H and O–H groups in total. The van der Waals surface area contributed by atoms with Gasteiger partial charge in [0.15, 0.2) is 0 Å². The van der Waals surface area contributed by atoms with Crippen LogP contribution in [0.4, 0.5) is 5.69 Å². The Bertz CT molecular complexity index is 928. The molecule has 1 heterocycles. The van der Waals surface area contributed by atoms with Crippen molar-refractivity contribution in [1.82, 2.24) is 4.31 Å². The van der Waals surface area contributed by atoms with Crippen LogP contribution >= 0.6 is 23.4 Å². The molecule has 1 saturated heterocycles. The van der Waals surface area contributed by atoms with Crippen LogP contribution in [0.3, 0.4) is 0 Å². The number of amides is 1. The van der Waals surface area contributed by atoms with E-state index in [1.54, 1.807) is 24.3 Å². The van der Waals surface area contributed by atoms with E-state index in [0.717, 1.165) is 4.90 Å². The quantitative estimate of drug-likeness (QED) is 0.642. The maximum Gasteiger partial charge on any atom is 0.243 e. The molecule has 2 aromatic rings. The molecular formula is C20H23ClN2O4S2. The third-order valence-corrected chi connectivity index (χ3v) is 8.03. The van der Waals surface area contributed by atoms with E-state index in [9.17, 15) is 13.2 Å². The molecule has 0 unspecified atom stereocenters. The summed E-state index contributed by atoms with van der Waals surface area (Å²) < 4.78 is 32.0.